The Morgan fingerprint density at radius 3 is 2.60 bits per heavy atom. The van der Waals surface area contributed by atoms with Crippen molar-refractivity contribution in [2.75, 3.05) is 38.7 Å². The number of amides is 1. The first-order chi connectivity index (χ1) is 12.3. The van der Waals surface area contributed by atoms with Gasteiger partial charge in [-0.2, -0.15) is 0 Å². The Morgan fingerprint density at radius 1 is 1.16 bits per heavy atom. The van der Waals surface area contributed by atoms with Crippen LogP contribution in [0.5, 0.6) is 11.5 Å². The third kappa shape index (κ3) is 4.59. The fraction of sp³-hybridized carbons (Fsp3) is 0.389. The molecule has 1 saturated heterocycles. The van der Waals surface area contributed by atoms with E-state index in [4.69, 9.17) is 9.47 Å². The lowest BCUT2D eigenvalue weighted by Gasteiger charge is -2.15. The van der Waals surface area contributed by atoms with Crippen molar-refractivity contribution in [2.45, 2.75) is 12.8 Å². The SMILES string of the molecule is COc1ccc(OCCNc2cc(C(=O)N3CCCC3)ncn2)cc1. The number of aromatic nitrogens is 2. The van der Waals surface area contributed by atoms with Crippen molar-refractivity contribution < 1.29 is 14.3 Å². The van der Waals surface area contributed by atoms with Gasteiger partial charge in [0.15, 0.2) is 0 Å². The number of ether oxygens (including phenoxy) is 2. The smallest absolute Gasteiger partial charge is 0.272 e. The van der Waals surface area contributed by atoms with Gasteiger partial charge in [0.2, 0.25) is 0 Å². The molecule has 0 radical (unpaired) electrons. The molecule has 1 N–H and O–H groups in total. The van der Waals surface area contributed by atoms with E-state index < -0.39 is 0 Å². The first-order valence-corrected chi connectivity index (χ1v) is 8.38. The van der Waals surface area contributed by atoms with Crippen LogP contribution in [-0.2, 0) is 0 Å². The number of hydrogen-bond donors (Lipinski definition) is 1. The zero-order valence-corrected chi connectivity index (χ0v) is 14.3. The summed E-state index contributed by atoms with van der Waals surface area (Å²) in [5.41, 5.74) is 0.426. The predicted octanol–water partition coefficient (Wildman–Crippen LogP) is 2.21. The van der Waals surface area contributed by atoms with Crippen molar-refractivity contribution in [3.05, 3.63) is 42.4 Å². The molecule has 0 bridgehead atoms. The number of benzene rings is 1. The Balaban J connectivity index is 1.47. The second-order valence-corrected chi connectivity index (χ2v) is 5.74. The van der Waals surface area contributed by atoms with E-state index in [0.29, 0.717) is 24.7 Å². The van der Waals surface area contributed by atoms with E-state index in [9.17, 15) is 4.79 Å². The molecule has 0 atom stereocenters. The summed E-state index contributed by atoms with van der Waals surface area (Å²) >= 11 is 0. The summed E-state index contributed by atoms with van der Waals surface area (Å²) in [5, 5.41) is 3.15. The molecule has 0 spiro atoms. The van der Waals surface area contributed by atoms with E-state index in [-0.39, 0.29) is 5.91 Å². The molecule has 1 fully saturated rings. The molecule has 1 aromatic carbocycles. The summed E-state index contributed by atoms with van der Waals surface area (Å²) in [7, 11) is 1.63. The largest absolute Gasteiger partial charge is 0.497 e. The molecule has 2 heterocycles. The summed E-state index contributed by atoms with van der Waals surface area (Å²) in [4.78, 5) is 22.4. The first-order valence-electron chi connectivity index (χ1n) is 8.38. The fourth-order valence-corrected chi connectivity index (χ4v) is 2.67. The summed E-state index contributed by atoms with van der Waals surface area (Å²) in [6.07, 6.45) is 3.53. The molecule has 3 rings (SSSR count). The van der Waals surface area contributed by atoms with Crippen LogP contribution in [0, 0.1) is 0 Å². The van der Waals surface area contributed by atoms with Crippen molar-refractivity contribution in [3.8, 4) is 11.5 Å². The summed E-state index contributed by atoms with van der Waals surface area (Å²) in [5.74, 6) is 2.16. The van der Waals surface area contributed by atoms with Crippen LogP contribution in [0.4, 0.5) is 5.82 Å². The minimum Gasteiger partial charge on any atom is -0.497 e. The van der Waals surface area contributed by atoms with Gasteiger partial charge in [-0.05, 0) is 37.1 Å². The van der Waals surface area contributed by atoms with Crippen LogP contribution in [0.25, 0.3) is 0 Å². The number of rotatable bonds is 7. The fourth-order valence-electron chi connectivity index (χ4n) is 2.67. The highest BCUT2D eigenvalue weighted by molar-refractivity contribution is 5.93. The van der Waals surface area contributed by atoms with Crippen LogP contribution in [0.2, 0.25) is 0 Å². The highest BCUT2D eigenvalue weighted by Crippen LogP contribution is 2.17. The van der Waals surface area contributed by atoms with Crippen molar-refractivity contribution in [2.24, 2.45) is 0 Å². The van der Waals surface area contributed by atoms with Gasteiger partial charge in [-0.15, -0.1) is 0 Å². The van der Waals surface area contributed by atoms with Crippen LogP contribution in [0.3, 0.4) is 0 Å². The average molecular weight is 342 g/mol. The van der Waals surface area contributed by atoms with Crippen LogP contribution < -0.4 is 14.8 Å². The van der Waals surface area contributed by atoms with Crippen molar-refractivity contribution in [1.29, 1.82) is 0 Å². The molecule has 0 aliphatic carbocycles. The molecule has 25 heavy (non-hydrogen) atoms. The molecule has 2 aromatic rings. The Bertz CT molecular complexity index is 700. The first kappa shape index (κ1) is 17.0. The second kappa shape index (κ2) is 8.32. The molecule has 1 amide bonds. The quantitative estimate of drug-likeness (QED) is 0.778. The topological polar surface area (TPSA) is 76.6 Å². The predicted molar refractivity (Wildman–Crippen MR) is 94.1 cm³/mol. The zero-order chi connectivity index (χ0) is 17.5. The minimum absolute atomic E-state index is 0.0302. The number of nitrogens with zero attached hydrogens (tertiary/aromatic N) is 3. The van der Waals surface area contributed by atoms with Gasteiger partial charge in [0.1, 0.15) is 35.9 Å². The lowest BCUT2D eigenvalue weighted by molar-refractivity contribution is 0.0787. The van der Waals surface area contributed by atoms with Crippen molar-refractivity contribution in [1.82, 2.24) is 14.9 Å². The molecule has 7 heteroatoms. The molecule has 132 valence electrons. The lowest BCUT2D eigenvalue weighted by Crippen LogP contribution is -2.28. The number of methoxy groups -OCH3 is 1. The highest BCUT2D eigenvalue weighted by Gasteiger charge is 2.20. The second-order valence-electron chi connectivity index (χ2n) is 5.74. The molecule has 7 nitrogen and oxygen atoms in total. The standard InChI is InChI=1S/C18H22N4O3/c1-24-14-4-6-15(7-5-14)25-11-8-19-17-12-16(20-13-21-17)18(23)22-9-2-3-10-22/h4-7,12-13H,2-3,8-11H2,1H3,(H,19,20,21). The number of likely N-dealkylation sites (tertiary alicyclic amines) is 1. The number of anilines is 1. The number of carbonyl (C=O) groups is 1. The Morgan fingerprint density at radius 2 is 1.88 bits per heavy atom. The van der Waals surface area contributed by atoms with E-state index in [0.717, 1.165) is 37.4 Å². The van der Waals surface area contributed by atoms with E-state index in [1.165, 1.54) is 6.33 Å². The zero-order valence-electron chi connectivity index (χ0n) is 14.3. The molecule has 1 aliphatic rings. The molecule has 1 aliphatic heterocycles. The van der Waals surface area contributed by atoms with Gasteiger partial charge in [0.05, 0.1) is 13.7 Å². The van der Waals surface area contributed by atoms with Gasteiger partial charge in [0, 0.05) is 19.2 Å². The van der Waals surface area contributed by atoms with Gasteiger partial charge in [-0.1, -0.05) is 0 Å². The maximum Gasteiger partial charge on any atom is 0.272 e. The van der Waals surface area contributed by atoms with Crippen LogP contribution >= 0.6 is 0 Å². The monoisotopic (exact) mass is 342 g/mol. The molecule has 1 aromatic heterocycles. The summed E-state index contributed by atoms with van der Waals surface area (Å²) in [6.45, 7) is 2.66. The maximum atomic E-state index is 12.3. The van der Waals surface area contributed by atoms with Crippen LogP contribution in [0.15, 0.2) is 36.7 Å². The Hall–Kier alpha value is -2.83. The molecule has 0 unspecified atom stereocenters. The Kier molecular flexibility index (Phi) is 5.66. The third-order valence-corrected chi connectivity index (χ3v) is 4.02. The summed E-state index contributed by atoms with van der Waals surface area (Å²) < 4.78 is 10.8. The number of hydrogen-bond acceptors (Lipinski definition) is 6. The van der Waals surface area contributed by atoms with Gasteiger partial charge in [-0.25, -0.2) is 9.97 Å². The minimum atomic E-state index is -0.0302. The van der Waals surface area contributed by atoms with Crippen LogP contribution in [-0.4, -0.2) is 54.1 Å². The van der Waals surface area contributed by atoms with Gasteiger partial charge in [-0.3, -0.25) is 4.79 Å². The van der Waals surface area contributed by atoms with Gasteiger partial charge >= 0.3 is 0 Å². The van der Waals surface area contributed by atoms with E-state index in [1.807, 2.05) is 29.2 Å². The average Bonchev–Trinajstić information content (AvgIpc) is 3.20. The molecular weight excluding hydrogens is 320 g/mol. The normalized spacial score (nSPS) is 13.6. The van der Waals surface area contributed by atoms with E-state index in [2.05, 4.69) is 15.3 Å². The van der Waals surface area contributed by atoms with Gasteiger partial charge < -0.3 is 19.7 Å². The number of nitrogens with one attached hydrogen (secondary N) is 1. The maximum absolute atomic E-state index is 12.3. The Labute approximate surface area is 147 Å². The van der Waals surface area contributed by atoms with Crippen molar-refractivity contribution in [3.63, 3.8) is 0 Å². The van der Waals surface area contributed by atoms with Crippen molar-refractivity contribution >= 4 is 11.7 Å². The highest BCUT2D eigenvalue weighted by atomic mass is 16.5. The van der Waals surface area contributed by atoms with E-state index >= 15 is 0 Å². The molecular formula is C18H22N4O3. The molecule has 0 saturated carbocycles. The van der Waals surface area contributed by atoms with E-state index in [1.54, 1.807) is 13.2 Å². The van der Waals surface area contributed by atoms with Gasteiger partial charge in [0.25, 0.3) is 5.91 Å². The lowest BCUT2D eigenvalue weighted by atomic mass is 10.3. The van der Waals surface area contributed by atoms with Crippen LogP contribution in [0.1, 0.15) is 23.3 Å². The summed E-state index contributed by atoms with van der Waals surface area (Å²) in [6, 6.07) is 9.10. The third-order valence-electron chi connectivity index (χ3n) is 4.02. The number of carbonyl (C=O) groups excluding carboxylic acids is 1.